The van der Waals surface area contributed by atoms with Crippen LogP contribution < -0.4 is 14.5 Å². The van der Waals surface area contributed by atoms with E-state index in [2.05, 4.69) is 4.72 Å². The third-order valence-electron chi connectivity index (χ3n) is 5.68. The largest absolute Gasteiger partial charge is 0.490 e. The van der Waals surface area contributed by atoms with Gasteiger partial charge in [0.25, 0.3) is 10.0 Å². The number of benzene rings is 3. The number of piperazine rings is 1. The zero-order valence-corrected chi connectivity index (χ0v) is 22.0. The molecule has 0 aromatic heterocycles. The second kappa shape index (κ2) is 12.4. The van der Waals surface area contributed by atoms with Gasteiger partial charge in [-0.25, -0.2) is 22.4 Å². The van der Waals surface area contributed by atoms with E-state index in [0.29, 0.717) is 42.6 Å². The Labute approximate surface area is 231 Å². The van der Waals surface area contributed by atoms with Crippen LogP contribution in [0.2, 0.25) is 5.02 Å². The van der Waals surface area contributed by atoms with Gasteiger partial charge in [0.05, 0.1) is 21.8 Å². The number of rotatable bonds is 6. The lowest BCUT2D eigenvalue weighted by Gasteiger charge is -2.37. The first-order valence-corrected chi connectivity index (χ1v) is 13.3. The molecule has 3 aromatic rings. The summed E-state index contributed by atoms with van der Waals surface area (Å²) in [6.45, 7) is 2.25. The zero-order valence-electron chi connectivity index (χ0n) is 20.4. The van der Waals surface area contributed by atoms with E-state index in [1.165, 1.54) is 42.5 Å². The molecule has 1 fully saturated rings. The minimum absolute atomic E-state index is 0.0309. The molecule has 214 valence electrons. The molecule has 3 N–H and O–H groups in total. The first kappa shape index (κ1) is 30.5. The van der Waals surface area contributed by atoms with Crippen LogP contribution in [0.3, 0.4) is 0 Å². The summed E-state index contributed by atoms with van der Waals surface area (Å²) in [5.41, 5.74) is 0.984. The third-order valence-corrected chi connectivity index (χ3v) is 7.32. The SMILES string of the molecule is O=C(O)C(F)(F)F.O=C(O)c1cc(N2CCN(c3ccccc3F)CC2)ccc1NS(=O)(=O)c1ccc(Cl)cc1. The average Bonchev–Trinajstić information content (AvgIpc) is 2.89. The molecule has 1 saturated heterocycles. The maximum atomic E-state index is 14.1. The number of alkyl halides is 3. The summed E-state index contributed by atoms with van der Waals surface area (Å²) in [4.78, 5) is 24.7. The number of carboxylic acid groups (broad SMARTS) is 2. The van der Waals surface area contributed by atoms with E-state index in [4.69, 9.17) is 21.5 Å². The highest BCUT2D eigenvalue weighted by Crippen LogP contribution is 2.28. The Morgan fingerprint density at radius 2 is 1.43 bits per heavy atom. The molecule has 9 nitrogen and oxygen atoms in total. The summed E-state index contributed by atoms with van der Waals surface area (Å²) >= 11 is 5.81. The van der Waals surface area contributed by atoms with Gasteiger partial charge in [0.2, 0.25) is 0 Å². The number of aliphatic carboxylic acids is 1. The van der Waals surface area contributed by atoms with Gasteiger partial charge in [-0.05, 0) is 54.6 Å². The predicted octanol–water partition coefficient (Wildman–Crippen LogP) is 4.94. The second-order valence-electron chi connectivity index (χ2n) is 8.32. The topological polar surface area (TPSA) is 127 Å². The maximum Gasteiger partial charge on any atom is 0.490 e. The van der Waals surface area contributed by atoms with Crippen molar-refractivity contribution in [1.82, 2.24) is 0 Å². The summed E-state index contributed by atoms with van der Waals surface area (Å²) in [7, 11) is -3.99. The van der Waals surface area contributed by atoms with Gasteiger partial charge in [0.1, 0.15) is 5.82 Å². The number of para-hydroxylation sites is 1. The lowest BCUT2D eigenvalue weighted by molar-refractivity contribution is -0.192. The molecule has 0 unspecified atom stereocenters. The molecule has 1 heterocycles. The quantitative estimate of drug-likeness (QED) is 0.338. The van der Waals surface area contributed by atoms with Crippen molar-refractivity contribution in [2.24, 2.45) is 0 Å². The smallest absolute Gasteiger partial charge is 0.478 e. The fraction of sp³-hybridized carbons (Fsp3) is 0.200. The first-order valence-electron chi connectivity index (χ1n) is 11.4. The van der Waals surface area contributed by atoms with Gasteiger partial charge in [0.15, 0.2) is 0 Å². The van der Waals surface area contributed by atoms with Crippen molar-refractivity contribution >= 4 is 50.6 Å². The minimum atomic E-state index is -5.08. The van der Waals surface area contributed by atoms with E-state index in [1.807, 2.05) is 9.80 Å². The normalized spacial score (nSPS) is 13.7. The summed E-state index contributed by atoms with van der Waals surface area (Å²) in [5, 5.41) is 17.2. The van der Waals surface area contributed by atoms with Crippen LogP contribution >= 0.6 is 11.6 Å². The Bertz CT molecular complexity index is 1480. The molecule has 4 rings (SSSR count). The number of carbonyl (C=O) groups is 2. The van der Waals surface area contributed by atoms with Crippen LogP contribution in [0.1, 0.15) is 10.4 Å². The Balaban J connectivity index is 0.000000559. The molecule has 40 heavy (non-hydrogen) atoms. The fourth-order valence-electron chi connectivity index (χ4n) is 3.73. The van der Waals surface area contributed by atoms with E-state index < -0.39 is 28.1 Å². The Morgan fingerprint density at radius 3 is 1.95 bits per heavy atom. The van der Waals surface area contributed by atoms with E-state index in [-0.39, 0.29) is 22.0 Å². The molecule has 0 aliphatic carbocycles. The van der Waals surface area contributed by atoms with E-state index in [0.717, 1.165) is 0 Å². The molecule has 0 atom stereocenters. The number of aromatic carboxylic acids is 1. The molecule has 0 saturated carbocycles. The van der Waals surface area contributed by atoms with Gasteiger partial charge in [-0.1, -0.05) is 23.7 Å². The molecule has 0 radical (unpaired) electrons. The maximum absolute atomic E-state index is 14.1. The van der Waals surface area contributed by atoms with Crippen LogP contribution in [-0.2, 0) is 14.8 Å². The zero-order chi connectivity index (χ0) is 29.7. The second-order valence-corrected chi connectivity index (χ2v) is 10.4. The van der Waals surface area contributed by atoms with Crippen molar-refractivity contribution in [3.05, 3.63) is 83.1 Å². The number of nitrogens with one attached hydrogen (secondary N) is 1. The van der Waals surface area contributed by atoms with Crippen LogP contribution in [0.15, 0.2) is 71.6 Å². The number of hydrogen-bond acceptors (Lipinski definition) is 6. The first-order chi connectivity index (χ1) is 18.7. The molecule has 1 aliphatic rings. The molecule has 15 heteroatoms. The van der Waals surface area contributed by atoms with E-state index >= 15 is 0 Å². The van der Waals surface area contributed by atoms with E-state index in [1.54, 1.807) is 24.3 Å². The highest BCUT2D eigenvalue weighted by atomic mass is 35.5. The van der Waals surface area contributed by atoms with Gasteiger partial charge < -0.3 is 20.0 Å². The number of carboxylic acids is 2. The van der Waals surface area contributed by atoms with Gasteiger partial charge >= 0.3 is 18.1 Å². The van der Waals surface area contributed by atoms with Crippen LogP contribution in [0.4, 0.5) is 34.6 Å². The number of nitrogens with zero attached hydrogens (tertiary/aromatic N) is 2. The molecule has 0 spiro atoms. The minimum Gasteiger partial charge on any atom is -0.478 e. The van der Waals surface area contributed by atoms with Crippen LogP contribution in [-0.4, -0.2) is 62.9 Å². The molecule has 0 amide bonds. The Morgan fingerprint density at radius 1 is 0.875 bits per heavy atom. The van der Waals surface area contributed by atoms with Crippen LogP contribution in [0.25, 0.3) is 0 Å². The Kier molecular flexibility index (Phi) is 9.48. The van der Waals surface area contributed by atoms with Crippen LogP contribution in [0.5, 0.6) is 0 Å². The number of hydrogen-bond donors (Lipinski definition) is 3. The molecular formula is C25H22ClF4N3O6S. The Hall–Kier alpha value is -4.04. The highest BCUT2D eigenvalue weighted by molar-refractivity contribution is 7.92. The van der Waals surface area contributed by atoms with Crippen molar-refractivity contribution in [1.29, 1.82) is 0 Å². The predicted molar refractivity (Wildman–Crippen MR) is 140 cm³/mol. The van der Waals surface area contributed by atoms with Gasteiger partial charge in [-0.15, -0.1) is 0 Å². The molecule has 1 aliphatic heterocycles. The summed E-state index contributed by atoms with van der Waals surface area (Å²) in [6.07, 6.45) is -5.08. The highest BCUT2D eigenvalue weighted by Gasteiger charge is 2.38. The lowest BCUT2D eigenvalue weighted by Crippen LogP contribution is -2.46. The molecule has 3 aromatic carbocycles. The average molecular weight is 604 g/mol. The van der Waals surface area contributed by atoms with Crippen molar-refractivity contribution in [2.45, 2.75) is 11.1 Å². The van der Waals surface area contributed by atoms with Crippen molar-refractivity contribution < 1.29 is 45.8 Å². The van der Waals surface area contributed by atoms with E-state index in [9.17, 15) is 35.9 Å². The summed E-state index contributed by atoms with van der Waals surface area (Å²) < 4.78 is 73.5. The number of halogens is 5. The molecular weight excluding hydrogens is 582 g/mol. The number of anilines is 3. The lowest BCUT2D eigenvalue weighted by atomic mass is 10.1. The third kappa shape index (κ3) is 7.76. The van der Waals surface area contributed by atoms with Gasteiger partial charge in [-0.3, -0.25) is 4.72 Å². The fourth-order valence-corrected chi connectivity index (χ4v) is 4.93. The van der Waals surface area contributed by atoms with Crippen molar-refractivity contribution in [3.8, 4) is 0 Å². The summed E-state index contributed by atoms with van der Waals surface area (Å²) in [6, 6.07) is 16.7. The molecule has 0 bridgehead atoms. The van der Waals surface area contributed by atoms with Gasteiger partial charge in [-0.2, -0.15) is 13.2 Å². The monoisotopic (exact) mass is 603 g/mol. The van der Waals surface area contributed by atoms with Crippen molar-refractivity contribution in [3.63, 3.8) is 0 Å². The number of sulfonamides is 1. The van der Waals surface area contributed by atoms with Crippen molar-refractivity contribution in [2.75, 3.05) is 40.7 Å². The van der Waals surface area contributed by atoms with Gasteiger partial charge in [0, 0.05) is 36.9 Å². The summed E-state index contributed by atoms with van der Waals surface area (Å²) in [5.74, 6) is -4.29. The standard InChI is InChI=1S/C23H21ClFN3O4S.C2HF3O2/c24-16-5-8-18(9-6-16)33(31,32)26-21-10-7-17(15-19(21)23(29)30)27-11-13-28(14-12-27)22-4-2-1-3-20(22)25;3-2(4,5)1(6)7/h1-10,15,26H,11-14H2,(H,29,30);(H,6,7). The van der Waals surface area contributed by atoms with Crippen LogP contribution in [0, 0.1) is 5.82 Å².